The Kier molecular flexibility index (Phi) is 5.46. The standard InChI is InChI=1S/C15H30N2O/c1-2-4-14-5-3-11-17(12-6-14)13-15(18)7-9-16-10-8-15/h14,16,18H,2-13H2,1H3. The fourth-order valence-corrected chi connectivity index (χ4v) is 3.55. The van der Waals surface area contributed by atoms with Gasteiger partial charge < -0.3 is 15.3 Å². The molecular formula is C15H30N2O. The molecule has 2 aliphatic heterocycles. The van der Waals surface area contributed by atoms with Crippen molar-refractivity contribution in [3.63, 3.8) is 0 Å². The smallest absolute Gasteiger partial charge is 0.0798 e. The van der Waals surface area contributed by atoms with E-state index in [9.17, 15) is 5.11 Å². The average Bonchev–Trinajstić information content (AvgIpc) is 2.56. The summed E-state index contributed by atoms with van der Waals surface area (Å²) in [6, 6.07) is 0. The van der Waals surface area contributed by atoms with E-state index in [1.807, 2.05) is 0 Å². The lowest BCUT2D eigenvalue weighted by Crippen LogP contribution is -2.50. The zero-order valence-electron chi connectivity index (χ0n) is 12.0. The van der Waals surface area contributed by atoms with Gasteiger partial charge in [0, 0.05) is 6.54 Å². The molecule has 106 valence electrons. The number of hydrogen-bond donors (Lipinski definition) is 2. The van der Waals surface area contributed by atoms with E-state index in [0.717, 1.165) is 38.4 Å². The highest BCUT2D eigenvalue weighted by atomic mass is 16.3. The average molecular weight is 254 g/mol. The van der Waals surface area contributed by atoms with Crippen LogP contribution in [0.2, 0.25) is 0 Å². The summed E-state index contributed by atoms with van der Waals surface area (Å²) in [4.78, 5) is 2.51. The number of β-amino-alcohol motifs (C(OH)–C–C–N with tert-alkyl or cyclic N) is 1. The number of likely N-dealkylation sites (tertiary alicyclic amines) is 1. The molecule has 0 aliphatic carbocycles. The van der Waals surface area contributed by atoms with Gasteiger partial charge in [-0.2, -0.15) is 0 Å². The van der Waals surface area contributed by atoms with Crippen LogP contribution in [0.3, 0.4) is 0 Å². The largest absolute Gasteiger partial charge is 0.388 e. The Balaban J connectivity index is 1.79. The molecule has 0 aromatic heterocycles. The molecule has 0 amide bonds. The molecule has 0 spiro atoms. The third kappa shape index (κ3) is 4.22. The van der Waals surface area contributed by atoms with E-state index in [0.29, 0.717) is 0 Å². The number of piperidine rings is 1. The molecule has 2 N–H and O–H groups in total. The first-order valence-electron chi connectivity index (χ1n) is 7.87. The van der Waals surface area contributed by atoms with E-state index in [1.165, 1.54) is 45.2 Å². The van der Waals surface area contributed by atoms with Crippen LogP contribution in [0.1, 0.15) is 51.9 Å². The second-order valence-corrected chi connectivity index (χ2v) is 6.34. The molecule has 0 saturated carbocycles. The molecule has 0 aromatic carbocycles. The minimum absolute atomic E-state index is 0.421. The fourth-order valence-electron chi connectivity index (χ4n) is 3.55. The summed E-state index contributed by atoms with van der Waals surface area (Å²) in [6.45, 7) is 7.52. The molecule has 0 radical (unpaired) electrons. The summed E-state index contributed by atoms with van der Waals surface area (Å²) in [5.74, 6) is 0.933. The van der Waals surface area contributed by atoms with Crippen molar-refractivity contribution >= 4 is 0 Å². The van der Waals surface area contributed by atoms with Gasteiger partial charge in [0.25, 0.3) is 0 Å². The number of nitrogens with zero attached hydrogens (tertiary/aromatic N) is 1. The van der Waals surface area contributed by atoms with E-state index >= 15 is 0 Å². The summed E-state index contributed by atoms with van der Waals surface area (Å²) in [5, 5.41) is 13.9. The lowest BCUT2D eigenvalue weighted by molar-refractivity contribution is -0.0203. The number of hydrogen-bond acceptors (Lipinski definition) is 3. The maximum Gasteiger partial charge on any atom is 0.0798 e. The summed E-state index contributed by atoms with van der Waals surface area (Å²) < 4.78 is 0. The molecule has 0 bridgehead atoms. The second-order valence-electron chi connectivity index (χ2n) is 6.34. The maximum atomic E-state index is 10.6. The second kappa shape index (κ2) is 6.88. The Morgan fingerprint density at radius 1 is 1.22 bits per heavy atom. The van der Waals surface area contributed by atoms with Gasteiger partial charge in [0.2, 0.25) is 0 Å². The molecule has 3 nitrogen and oxygen atoms in total. The van der Waals surface area contributed by atoms with Crippen LogP contribution in [0.4, 0.5) is 0 Å². The molecule has 3 heteroatoms. The molecule has 2 heterocycles. The fraction of sp³-hybridized carbons (Fsp3) is 1.00. The Bertz CT molecular complexity index is 239. The zero-order chi connectivity index (χ0) is 12.8. The molecule has 1 atom stereocenters. The van der Waals surface area contributed by atoms with Crippen LogP contribution in [0.15, 0.2) is 0 Å². The van der Waals surface area contributed by atoms with Gasteiger partial charge in [-0.3, -0.25) is 0 Å². The van der Waals surface area contributed by atoms with E-state index in [2.05, 4.69) is 17.1 Å². The van der Waals surface area contributed by atoms with Gasteiger partial charge in [0.15, 0.2) is 0 Å². The molecule has 2 fully saturated rings. The van der Waals surface area contributed by atoms with Crippen molar-refractivity contribution in [2.24, 2.45) is 5.92 Å². The van der Waals surface area contributed by atoms with Crippen LogP contribution in [-0.4, -0.2) is 48.3 Å². The highest BCUT2D eigenvalue weighted by molar-refractivity contribution is 4.88. The van der Waals surface area contributed by atoms with Crippen molar-refractivity contribution in [3.05, 3.63) is 0 Å². The number of aliphatic hydroxyl groups is 1. The van der Waals surface area contributed by atoms with E-state index < -0.39 is 5.60 Å². The van der Waals surface area contributed by atoms with Gasteiger partial charge in [-0.25, -0.2) is 0 Å². The maximum absolute atomic E-state index is 10.6. The van der Waals surface area contributed by atoms with Crippen LogP contribution in [-0.2, 0) is 0 Å². The van der Waals surface area contributed by atoms with Gasteiger partial charge in [0.05, 0.1) is 5.60 Å². The van der Waals surface area contributed by atoms with Crippen LogP contribution in [0, 0.1) is 5.92 Å². The Hall–Kier alpha value is -0.120. The summed E-state index contributed by atoms with van der Waals surface area (Å²) in [5.41, 5.74) is -0.421. The molecule has 1 unspecified atom stereocenters. The van der Waals surface area contributed by atoms with Crippen molar-refractivity contribution in [3.8, 4) is 0 Å². The third-order valence-electron chi connectivity index (χ3n) is 4.69. The summed E-state index contributed by atoms with van der Waals surface area (Å²) >= 11 is 0. The molecule has 18 heavy (non-hydrogen) atoms. The van der Waals surface area contributed by atoms with Crippen molar-refractivity contribution < 1.29 is 5.11 Å². The highest BCUT2D eigenvalue weighted by Crippen LogP contribution is 2.25. The SMILES string of the molecule is CCCC1CCCN(CC2(O)CCNCC2)CC1. The molecular weight excluding hydrogens is 224 g/mol. The number of rotatable bonds is 4. The normalized spacial score (nSPS) is 30.0. The monoisotopic (exact) mass is 254 g/mol. The minimum Gasteiger partial charge on any atom is -0.388 e. The van der Waals surface area contributed by atoms with Gasteiger partial charge >= 0.3 is 0 Å². The quantitative estimate of drug-likeness (QED) is 0.805. The first-order chi connectivity index (χ1) is 8.72. The van der Waals surface area contributed by atoms with Gasteiger partial charge in [-0.1, -0.05) is 19.8 Å². The Morgan fingerprint density at radius 2 is 2.00 bits per heavy atom. The van der Waals surface area contributed by atoms with Crippen LogP contribution >= 0.6 is 0 Å². The van der Waals surface area contributed by atoms with Crippen LogP contribution < -0.4 is 5.32 Å². The van der Waals surface area contributed by atoms with Crippen LogP contribution in [0.25, 0.3) is 0 Å². The zero-order valence-corrected chi connectivity index (χ0v) is 12.0. The topological polar surface area (TPSA) is 35.5 Å². The van der Waals surface area contributed by atoms with Gasteiger partial charge in [-0.05, 0) is 64.2 Å². The van der Waals surface area contributed by atoms with Gasteiger partial charge in [-0.15, -0.1) is 0 Å². The third-order valence-corrected chi connectivity index (χ3v) is 4.69. The highest BCUT2D eigenvalue weighted by Gasteiger charge is 2.31. The predicted octanol–water partition coefficient (Wildman–Crippen LogP) is 2.00. The van der Waals surface area contributed by atoms with Crippen molar-refractivity contribution in [2.45, 2.75) is 57.5 Å². The Morgan fingerprint density at radius 3 is 2.72 bits per heavy atom. The molecule has 2 aliphatic rings. The molecule has 0 aromatic rings. The van der Waals surface area contributed by atoms with Crippen molar-refractivity contribution in [1.82, 2.24) is 10.2 Å². The molecule has 2 rings (SSSR count). The van der Waals surface area contributed by atoms with Crippen molar-refractivity contribution in [2.75, 3.05) is 32.7 Å². The van der Waals surface area contributed by atoms with E-state index in [4.69, 9.17) is 0 Å². The first-order valence-corrected chi connectivity index (χ1v) is 7.87. The number of nitrogens with one attached hydrogen (secondary N) is 1. The van der Waals surface area contributed by atoms with Gasteiger partial charge in [0.1, 0.15) is 0 Å². The van der Waals surface area contributed by atoms with Crippen molar-refractivity contribution in [1.29, 1.82) is 0 Å². The predicted molar refractivity (Wildman–Crippen MR) is 75.7 cm³/mol. The van der Waals surface area contributed by atoms with E-state index in [1.54, 1.807) is 0 Å². The van der Waals surface area contributed by atoms with Crippen LogP contribution in [0.5, 0.6) is 0 Å². The molecule has 2 saturated heterocycles. The Labute approximate surface area is 112 Å². The minimum atomic E-state index is -0.421. The summed E-state index contributed by atoms with van der Waals surface area (Å²) in [7, 11) is 0. The lowest BCUT2D eigenvalue weighted by Gasteiger charge is -2.37. The van der Waals surface area contributed by atoms with E-state index in [-0.39, 0.29) is 0 Å². The summed E-state index contributed by atoms with van der Waals surface area (Å²) in [6.07, 6.45) is 8.59. The lowest BCUT2D eigenvalue weighted by atomic mass is 9.91. The first kappa shape index (κ1) is 14.3.